The minimum absolute atomic E-state index is 0.764. The molecule has 0 fully saturated rings. The van der Waals surface area contributed by atoms with Crippen molar-refractivity contribution in [1.29, 1.82) is 0 Å². The summed E-state index contributed by atoms with van der Waals surface area (Å²) in [6.45, 7) is 6.83. The van der Waals surface area contributed by atoms with E-state index in [2.05, 4.69) is 49.5 Å². The Morgan fingerprint density at radius 3 is 2.69 bits per heavy atom. The molecule has 0 aliphatic carbocycles. The average molecular weight is 237 g/mol. The Balaban J connectivity index is 2.06. The van der Waals surface area contributed by atoms with Crippen LogP contribution >= 0.6 is 11.8 Å². The monoisotopic (exact) mass is 237 g/mol. The van der Waals surface area contributed by atoms with Gasteiger partial charge < -0.3 is 5.32 Å². The number of hydrogen-bond acceptors (Lipinski definition) is 2. The quantitative estimate of drug-likeness (QED) is 0.694. The van der Waals surface area contributed by atoms with E-state index >= 15 is 0 Å². The standard InChI is InChI=1S/C14H23NS/c1-3-9-15-10-13(2)11-16-12-14-7-5-4-6-8-14/h4-8,13,15H,3,9-12H2,1-2H3. The van der Waals surface area contributed by atoms with Crippen LogP contribution in [0, 0.1) is 5.92 Å². The van der Waals surface area contributed by atoms with Gasteiger partial charge in [-0.3, -0.25) is 0 Å². The predicted octanol–water partition coefficient (Wildman–Crippen LogP) is 3.56. The van der Waals surface area contributed by atoms with Crippen LogP contribution < -0.4 is 5.32 Å². The minimum atomic E-state index is 0.764. The number of hydrogen-bond donors (Lipinski definition) is 1. The van der Waals surface area contributed by atoms with Gasteiger partial charge in [-0.15, -0.1) is 0 Å². The largest absolute Gasteiger partial charge is 0.316 e. The Bertz CT molecular complexity index is 261. The Morgan fingerprint density at radius 2 is 2.00 bits per heavy atom. The van der Waals surface area contributed by atoms with Gasteiger partial charge in [0.15, 0.2) is 0 Å². The van der Waals surface area contributed by atoms with Crippen LogP contribution in [0.4, 0.5) is 0 Å². The summed E-state index contributed by atoms with van der Waals surface area (Å²) in [5.41, 5.74) is 1.43. The van der Waals surface area contributed by atoms with Gasteiger partial charge in [0.1, 0.15) is 0 Å². The van der Waals surface area contributed by atoms with Gasteiger partial charge in [-0.25, -0.2) is 0 Å². The number of rotatable bonds is 8. The van der Waals surface area contributed by atoms with Crippen LogP contribution in [0.5, 0.6) is 0 Å². The Morgan fingerprint density at radius 1 is 1.25 bits per heavy atom. The first-order chi connectivity index (χ1) is 7.83. The van der Waals surface area contributed by atoms with Crippen molar-refractivity contribution in [2.24, 2.45) is 5.92 Å². The molecule has 16 heavy (non-hydrogen) atoms. The molecule has 0 aromatic heterocycles. The van der Waals surface area contributed by atoms with E-state index in [1.54, 1.807) is 0 Å². The molecule has 90 valence electrons. The zero-order chi connectivity index (χ0) is 11.6. The summed E-state index contributed by atoms with van der Waals surface area (Å²) < 4.78 is 0. The molecule has 1 atom stereocenters. The van der Waals surface area contributed by atoms with Gasteiger partial charge in [-0.2, -0.15) is 11.8 Å². The minimum Gasteiger partial charge on any atom is -0.316 e. The van der Waals surface area contributed by atoms with E-state index in [0.717, 1.165) is 24.8 Å². The zero-order valence-corrected chi connectivity index (χ0v) is 11.2. The fraction of sp³-hybridized carbons (Fsp3) is 0.571. The van der Waals surface area contributed by atoms with Gasteiger partial charge in [0.2, 0.25) is 0 Å². The molecular weight excluding hydrogens is 214 g/mol. The maximum atomic E-state index is 3.47. The fourth-order valence-electron chi connectivity index (χ4n) is 1.54. The lowest BCUT2D eigenvalue weighted by Crippen LogP contribution is -2.23. The highest BCUT2D eigenvalue weighted by atomic mass is 32.2. The first-order valence-electron chi connectivity index (χ1n) is 6.15. The lowest BCUT2D eigenvalue weighted by atomic mass is 10.2. The molecule has 0 saturated carbocycles. The smallest absolute Gasteiger partial charge is 0.0184 e. The van der Waals surface area contributed by atoms with Crippen molar-refractivity contribution in [1.82, 2.24) is 5.32 Å². The van der Waals surface area contributed by atoms with Gasteiger partial charge in [0, 0.05) is 5.75 Å². The predicted molar refractivity (Wildman–Crippen MR) is 74.9 cm³/mol. The number of thioether (sulfide) groups is 1. The highest BCUT2D eigenvalue weighted by molar-refractivity contribution is 7.98. The molecule has 2 heteroatoms. The normalized spacial score (nSPS) is 12.6. The highest BCUT2D eigenvalue weighted by Gasteiger charge is 2.01. The number of benzene rings is 1. The summed E-state index contributed by atoms with van der Waals surface area (Å²) in [5, 5.41) is 3.47. The van der Waals surface area contributed by atoms with E-state index in [9.17, 15) is 0 Å². The Hall–Kier alpha value is -0.470. The molecule has 1 nitrogen and oxygen atoms in total. The zero-order valence-electron chi connectivity index (χ0n) is 10.4. The molecular formula is C14H23NS. The molecule has 0 aliphatic rings. The molecule has 1 unspecified atom stereocenters. The molecule has 1 aromatic carbocycles. The van der Waals surface area contributed by atoms with Crippen LogP contribution in [-0.4, -0.2) is 18.8 Å². The second kappa shape index (κ2) is 8.66. The fourth-order valence-corrected chi connectivity index (χ4v) is 2.60. The van der Waals surface area contributed by atoms with Crippen LogP contribution in [0.1, 0.15) is 25.8 Å². The summed E-state index contributed by atoms with van der Waals surface area (Å²) in [7, 11) is 0. The van der Waals surface area contributed by atoms with Crippen molar-refractivity contribution >= 4 is 11.8 Å². The summed E-state index contributed by atoms with van der Waals surface area (Å²) in [4.78, 5) is 0. The van der Waals surface area contributed by atoms with E-state index in [0.29, 0.717) is 0 Å². The van der Waals surface area contributed by atoms with Crippen LogP contribution in [0.3, 0.4) is 0 Å². The van der Waals surface area contributed by atoms with Crippen molar-refractivity contribution in [3.8, 4) is 0 Å². The maximum Gasteiger partial charge on any atom is 0.0184 e. The number of nitrogens with one attached hydrogen (secondary N) is 1. The second-order valence-corrected chi connectivity index (χ2v) is 5.34. The SMILES string of the molecule is CCCNCC(C)CSCc1ccccc1. The second-order valence-electron chi connectivity index (χ2n) is 4.31. The molecule has 1 rings (SSSR count). The van der Waals surface area contributed by atoms with E-state index in [-0.39, 0.29) is 0 Å². The van der Waals surface area contributed by atoms with Gasteiger partial charge in [-0.05, 0) is 36.7 Å². The third kappa shape index (κ3) is 6.19. The topological polar surface area (TPSA) is 12.0 Å². The van der Waals surface area contributed by atoms with Crippen LogP contribution in [0.15, 0.2) is 30.3 Å². The van der Waals surface area contributed by atoms with Crippen molar-refractivity contribution in [3.05, 3.63) is 35.9 Å². The molecule has 0 bridgehead atoms. The lowest BCUT2D eigenvalue weighted by molar-refractivity contribution is 0.557. The van der Waals surface area contributed by atoms with E-state index in [4.69, 9.17) is 0 Å². The molecule has 1 aromatic rings. The molecule has 0 aliphatic heterocycles. The van der Waals surface area contributed by atoms with Gasteiger partial charge in [0.25, 0.3) is 0 Å². The first kappa shape index (κ1) is 13.6. The average Bonchev–Trinajstić information content (AvgIpc) is 2.31. The summed E-state index contributed by atoms with van der Waals surface area (Å²) >= 11 is 2.03. The summed E-state index contributed by atoms with van der Waals surface area (Å²) in [6, 6.07) is 10.7. The third-order valence-corrected chi connectivity index (χ3v) is 3.78. The van der Waals surface area contributed by atoms with E-state index < -0.39 is 0 Å². The van der Waals surface area contributed by atoms with Crippen LogP contribution in [0.25, 0.3) is 0 Å². The molecule has 0 saturated heterocycles. The summed E-state index contributed by atoms with van der Waals surface area (Å²) in [6.07, 6.45) is 1.23. The maximum absolute atomic E-state index is 3.47. The van der Waals surface area contributed by atoms with Crippen molar-refractivity contribution in [3.63, 3.8) is 0 Å². The van der Waals surface area contributed by atoms with Gasteiger partial charge >= 0.3 is 0 Å². The highest BCUT2D eigenvalue weighted by Crippen LogP contribution is 2.14. The van der Waals surface area contributed by atoms with Gasteiger partial charge in [-0.1, -0.05) is 44.2 Å². The van der Waals surface area contributed by atoms with Crippen LogP contribution in [0.2, 0.25) is 0 Å². The van der Waals surface area contributed by atoms with Crippen molar-refractivity contribution in [2.75, 3.05) is 18.8 Å². The van der Waals surface area contributed by atoms with Crippen molar-refractivity contribution in [2.45, 2.75) is 26.0 Å². The van der Waals surface area contributed by atoms with E-state index in [1.807, 2.05) is 11.8 Å². The molecule has 0 heterocycles. The molecule has 1 N–H and O–H groups in total. The summed E-state index contributed by atoms with van der Waals surface area (Å²) in [5.74, 6) is 3.14. The Kier molecular flexibility index (Phi) is 7.35. The van der Waals surface area contributed by atoms with Crippen molar-refractivity contribution < 1.29 is 0 Å². The van der Waals surface area contributed by atoms with Gasteiger partial charge in [0.05, 0.1) is 0 Å². The Labute approximate surface area is 104 Å². The lowest BCUT2D eigenvalue weighted by Gasteiger charge is -2.11. The molecule has 0 amide bonds. The molecule has 0 spiro atoms. The van der Waals surface area contributed by atoms with Crippen LogP contribution in [-0.2, 0) is 5.75 Å². The first-order valence-corrected chi connectivity index (χ1v) is 7.30. The van der Waals surface area contributed by atoms with E-state index in [1.165, 1.54) is 17.7 Å². The third-order valence-electron chi connectivity index (χ3n) is 2.43. The molecule has 0 radical (unpaired) electrons.